The van der Waals surface area contributed by atoms with Crippen molar-refractivity contribution in [1.82, 2.24) is 14.9 Å². The standard InChI is InChI=1S/C35H43N3O.Zn/c1-3-4-5-6-7-8-9-14-29-17-19-30(20-18-29)31-21-22-35(39-2)32(25-31)26-38(27-33-15-10-12-23-36-33)28-34-16-11-13-24-37-34;/h10-13,15-25H,3-9,14,26-28H2,1-2H3;/q;+2. The third-order valence-corrected chi connectivity index (χ3v) is 7.25. The molecular weight excluding hydrogens is 544 g/mol. The Kier molecular flexibility index (Phi) is 14.0. The fourth-order valence-corrected chi connectivity index (χ4v) is 5.08. The Hall–Kier alpha value is -2.88. The number of aryl methyl sites for hydroxylation is 1. The van der Waals surface area contributed by atoms with Crippen molar-refractivity contribution in [1.29, 1.82) is 0 Å². The van der Waals surface area contributed by atoms with E-state index in [1.54, 1.807) is 7.11 Å². The second-order valence-electron chi connectivity index (χ2n) is 10.4. The van der Waals surface area contributed by atoms with E-state index in [9.17, 15) is 0 Å². The molecule has 4 nitrogen and oxygen atoms in total. The van der Waals surface area contributed by atoms with Crippen molar-refractivity contribution in [2.24, 2.45) is 0 Å². The minimum Gasteiger partial charge on any atom is -0.496 e. The molecule has 4 aromatic rings. The molecule has 40 heavy (non-hydrogen) atoms. The van der Waals surface area contributed by atoms with Gasteiger partial charge in [0.05, 0.1) is 18.5 Å². The Bertz CT molecular complexity index is 1190. The summed E-state index contributed by atoms with van der Waals surface area (Å²) in [6, 6.07) is 27.8. The molecule has 4 rings (SSSR count). The van der Waals surface area contributed by atoms with Gasteiger partial charge < -0.3 is 4.74 Å². The molecule has 0 aliphatic carbocycles. The van der Waals surface area contributed by atoms with E-state index in [0.717, 1.165) is 48.8 Å². The summed E-state index contributed by atoms with van der Waals surface area (Å²) >= 11 is 0. The molecule has 0 aliphatic rings. The van der Waals surface area contributed by atoms with Crippen molar-refractivity contribution in [3.05, 3.63) is 114 Å². The minimum absolute atomic E-state index is 0. The topological polar surface area (TPSA) is 38.2 Å². The van der Waals surface area contributed by atoms with Gasteiger partial charge in [0.15, 0.2) is 0 Å². The number of hydrogen-bond acceptors (Lipinski definition) is 4. The normalized spacial score (nSPS) is 10.9. The van der Waals surface area contributed by atoms with E-state index >= 15 is 0 Å². The van der Waals surface area contributed by atoms with Gasteiger partial charge in [0.2, 0.25) is 0 Å². The predicted octanol–water partition coefficient (Wildman–Crippen LogP) is 8.65. The maximum Gasteiger partial charge on any atom is 2.00 e. The van der Waals surface area contributed by atoms with Crippen LogP contribution in [0.3, 0.4) is 0 Å². The molecule has 0 aliphatic heterocycles. The Balaban J connectivity index is 0.00000441. The summed E-state index contributed by atoms with van der Waals surface area (Å²) in [7, 11) is 1.75. The summed E-state index contributed by atoms with van der Waals surface area (Å²) in [5, 5.41) is 0. The molecular formula is C35H43N3OZn+2. The van der Waals surface area contributed by atoms with E-state index in [4.69, 9.17) is 4.74 Å². The Labute approximate surface area is 254 Å². The van der Waals surface area contributed by atoms with E-state index in [1.165, 1.54) is 61.6 Å². The summed E-state index contributed by atoms with van der Waals surface area (Å²) in [4.78, 5) is 11.5. The summed E-state index contributed by atoms with van der Waals surface area (Å²) in [5.41, 5.74) is 7.12. The van der Waals surface area contributed by atoms with E-state index in [0.29, 0.717) is 0 Å². The van der Waals surface area contributed by atoms with Crippen LogP contribution in [0.1, 0.15) is 74.4 Å². The fraction of sp³-hybridized carbons (Fsp3) is 0.371. The van der Waals surface area contributed by atoms with Crippen LogP contribution in [-0.4, -0.2) is 22.0 Å². The summed E-state index contributed by atoms with van der Waals surface area (Å²) in [5.74, 6) is 0.904. The van der Waals surface area contributed by atoms with E-state index < -0.39 is 0 Å². The number of nitrogens with zero attached hydrogens (tertiary/aromatic N) is 3. The van der Waals surface area contributed by atoms with Gasteiger partial charge in [-0.25, -0.2) is 0 Å². The van der Waals surface area contributed by atoms with Gasteiger partial charge in [-0.1, -0.05) is 87.9 Å². The first kappa shape index (κ1) is 31.6. The SMILES string of the molecule is CCCCCCCCCc1ccc(-c2ccc(OC)c(CN(Cc3ccccn3)Cc3ccccn3)c2)cc1.[Zn+2]. The largest absolute Gasteiger partial charge is 2.00 e. The molecule has 2 aromatic heterocycles. The van der Waals surface area contributed by atoms with Crippen LogP contribution in [0.15, 0.2) is 91.3 Å². The van der Waals surface area contributed by atoms with Crippen LogP contribution in [0.4, 0.5) is 0 Å². The molecule has 0 saturated carbocycles. The first-order valence-corrected chi connectivity index (χ1v) is 14.5. The predicted molar refractivity (Wildman–Crippen MR) is 162 cm³/mol. The van der Waals surface area contributed by atoms with Gasteiger partial charge in [0, 0.05) is 37.6 Å². The van der Waals surface area contributed by atoms with Gasteiger partial charge in [-0.05, 0) is 65.9 Å². The van der Waals surface area contributed by atoms with Crippen LogP contribution in [0.5, 0.6) is 5.75 Å². The quantitative estimate of drug-likeness (QED) is 0.0972. The van der Waals surface area contributed by atoms with Gasteiger partial charge >= 0.3 is 19.5 Å². The van der Waals surface area contributed by atoms with Crippen LogP contribution in [0.25, 0.3) is 11.1 Å². The fourth-order valence-electron chi connectivity index (χ4n) is 5.08. The number of rotatable bonds is 16. The second-order valence-corrected chi connectivity index (χ2v) is 10.4. The van der Waals surface area contributed by atoms with E-state index in [1.807, 2.05) is 36.7 Å². The third-order valence-electron chi connectivity index (χ3n) is 7.25. The maximum atomic E-state index is 5.78. The van der Waals surface area contributed by atoms with Crippen molar-refractivity contribution in [3.63, 3.8) is 0 Å². The van der Waals surface area contributed by atoms with Crippen LogP contribution in [0.2, 0.25) is 0 Å². The molecule has 204 valence electrons. The van der Waals surface area contributed by atoms with Crippen molar-refractivity contribution in [3.8, 4) is 16.9 Å². The van der Waals surface area contributed by atoms with Gasteiger partial charge in [-0.15, -0.1) is 0 Å². The first-order chi connectivity index (χ1) is 19.2. The molecule has 0 fully saturated rings. The molecule has 2 aromatic carbocycles. The van der Waals surface area contributed by atoms with E-state index in [2.05, 4.69) is 76.4 Å². The molecule has 2 heterocycles. The number of aromatic nitrogens is 2. The zero-order valence-corrected chi connectivity index (χ0v) is 27.4. The van der Waals surface area contributed by atoms with Crippen LogP contribution in [0, 0.1) is 0 Å². The summed E-state index contributed by atoms with van der Waals surface area (Å²) in [6.07, 6.45) is 14.3. The smallest absolute Gasteiger partial charge is 0.496 e. The van der Waals surface area contributed by atoms with Crippen molar-refractivity contribution in [2.75, 3.05) is 7.11 Å². The summed E-state index contributed by atoms with van der Waals surface area (Å²) < 4.78 is 5.78. The molecule has 5 heteroatoms. The number of pyridine rings is 2. The number of unbranched alkanes of at least 4 members (excludes halogenated alkanes) is 6. The van der Waals surface area contributed by atoms with Crippen molar-refractivity contribution < 1.29 is 24.2 Å². The van der Waals surface area contributed by atoms with Gasteiger partial charge in [0.25, 0.3) is 0 Å². The number of benzene rings is 2. The molecule has 0 atom stereocenters. The molecule has 0 bridgehead atoms. The van der Waals surface area contributed by atoms with Gasteiger partial charge in [-0.2, -0.15) is 0 Å². The molecule has 0 amide bonds. The first-order valence-electron chi connectivity index (χ1n) is 14.5. The van der Waals surface area contributed by atoms with Crippen molar-refractivity contribution in [2.45, 2.75) is 77.9 Å². The Morgan fingerprint density at radius 3 is 1.82 bits per heavy atom. The van der Waals surface area contributed by atoms with Crippen molar-refractivity contribution >= 4 is 0 Å². The van der Waals surface area contributed by atoms with Gasteiger partial charge in [0.1, 0.15) is 5.75 Å². The third kappa shape index (κ3) is 10.3. The number of ether oxygens (including phenoxy) is 1. The molecule has 0 saturated heterocycles. The maximum absolute atomic E-state index is 5.78. The Morgan fingerprint density at radius 1 is 0.650 bits per heavy atom. The Morgan fingerprint density at radius 2 is 1.25 bits per heavy atom. The van der Waals surface area contributed by atoms with E-state index in [-0.39, 0.29) is 19.5 Å². The average molecular weight is 587 g/mol. The average Bonchev–Trinajstić information content (AvgIpc) is 2.98. The second kappa shape index (κ2) is 17.7. The number of methoxy groups -OCH3 is 1. The van der Waals surface area contributed by atoms with Crippen LogP contribution >= 0.6 is 0 Å². The summed E-state index contributed by atoms with van der Waals surface area (Å²) in [6.45, 7) is 4.48. The molecule has 0 spiro atoms. The van der Waals surface area contributed by atoms with Crippen LogP contribution < -0.4 is 4.74 Å². The zero-order chi connectivity index (χ0) is 27.1. The monoisotopic (exact) mass is 585 g/mol. The number of hydrogen-bond donors (Lipinski definition) is 0. The molecule has 0 radical (unpaired) electrons. The molecule has 0 N–H and O–H groups in total. The minimum atomic E-state index is 0. The van der Waals surface area contributed by atoms with Crippen LogP contribution in [-0.2, 0) is 45.5 Å². The van der Waals surface area contributed by atoms with Gasteiger partial charge in [-0.3, -0.25) is 14.9 Å². The zero-order valence-electron chi connectivity index (χ0n) is 24.4. The molecule has 0 unspecified atom stereocenters.